The van der Waals surface area contributed by atoms with Crippen LogP contribution in [0, 0.1) is 5.92 Å². The monoisotopic (exact) mass is 475 g/mol. The van der Waals surface area contributed by atoms with E-state index in [1.807, 2.05) is 43.3 Å². The fraction of sp³-hybridized carbons (Fsp3) is 0.222. The van der Waals surface area contributed by atoms with Crippen molar-refractivity contribution in [2.24, 2.45) is 5.92 Å². The van der Waals surface area contributed by atoms with Crippen molar-refractivity contribution < 1.29 is 14.3 Å². The standard InChI is InChI=1S/C27H29N3O3S/c1-18(2)17-33-24-14-8-12-22(16-24)26(32)30-27(34)29-23-13-7-11-21(15-23)25(31)28-19(3)20-9-5-4-6-10-20/h4-16,18-19H,17H2,1-3H3,(H,28,31)(H2,29,30,32,34). The van der Waals surface area contributed by atoms with Gasteiger partial charge in [0.2, 0.25) is 0 Å². The summed E-state index contributed by atoms with van der Waals surface area (Å²) in [5.74, 6) is 0.462. The molecule has 0 aliphatic rings. The normalized spacial score (nSPS) is 11.4. The van der Waals surface area contributed by atoms with Gasteiger partial charge < -0.3 is 15.4 Å². The van der Waals surface area contributed by atoms with Gasteiger partial charge in [-0.15, -0.1) is 0 Å². The van der Waals surface area contributed by atoms with Crippen LogP contribution in [0.25, 0.3) is 0 Å². The zero-order valence-electron chi connectivity index (χ0n) is 19.5. The second-order valence-electron chi connectivity index (χ2n) is 8.33. The number of amides is 2. The van der Waals surface area contributed by atoms with Gasteiger partial charge in [-0.3, -0.25) is 14.9 Å². The zero-order valence-corrected chi connectivity index (χ0v) is 20.3. The number of hydrogen-bond acceptors (Lipinski definition) is 4. The molecule has 6 nitrogen and oxygen atoms in total. The lowest BCUT2D eigenvalue weighted by molar-refractivity contribution is 0.0938. The molecule has 1 unspecified atom stereocenters. The molecule has 0 bridgehead atoms. The van der Waals surface area contributed by atoms with Gasteiger partial charge in [-0.25, -0.2) is 0 Å². The maximum absolute atomic E-state index is 12.7. The molecule has 34 heavy (non-hydrogen) atoms. The highest BCUT2D eigenvalue weighted by atomic mass is 32.1. The van der Waals surface area contributed by atoms with Crippen LogP contribution in [0.4, 0.5) is 5.69 Å². The van der Waals surface area contributed by atoms with Crippen LogP contribution in [-0.2, 0) is 0 Å². The van der Waals surface area contributed by atoms with Crippen molar-refractivity contribution in [1.29, 1.82) is 0 Å². The van der Waals surface area contributed by atoms with E-state index < -0.39 is 0 Å². The van der Waals surface area contributed by atoms with Gasteiger partial charge in [0.15, 0.2) is 5.11 Å². The predicted octanol–water partition coefficient (Wildman–Crippen LogP) is 5.34. The molecule has 3 N–H and O–H groups in total. The van der Waals surface area contributed by atoms with Crippen molar-refractivity contribution in [3.63, 3.8) is 0 Å². The van der Waals surface area contributed by atoms with Gasteiger partial charge in [0.05, 0.1) is 12.6 Å². The molecule has 2 amide bonds. The molecule has 176 valence electrons. The largest absolute Gasteiger partial charge is 0.493 e. The summed E-state index contributed by atoms with van der Waals surface area (Å²) in [5, 5.41) is 8.75. The molecule has 0 fully saturated rings. The Labute approximate surface area is 205 Å². The first-order valence-electron chi connectivity index (χ1n) is 11.1. The molecular formula is C27H29N3O3S. The average molecular weight is 476 g/mol. The highest BCUT2D eigenvalue weighted by Gasteiger charge is 2.13. The molecule has 3 rings (SSSR count). The number of carbonyl (C=O) groups excluding carboxylic acids is 2. The van der Waals surface area contributed by atoms with Gasteiger partial charge in [-0.05, 0) is 67.0 Å². The fourth-order valence-corrected chi connectivity index (χ4v) is 3.38. The lowest BCUT2D eigenvalue weighted by atomic mass is 10.1. The van der Waals surface area contributed by atoms with Crippen molar-refractivity contribution in [1.82, 2.24) is 10.6 Å². The maximum atomic E-state index is 12.7. The molecule has 3 aromatic rings. The smallest absolute Gasteiger partial charge is 0.257 e. The van der Waals surface area contributed by atoms with E-state index in [2.05, 4.69) is 29.8 Å². The minimum Gasteiger partial charge on any atom is -0.493 e. The van der Waals surface area contributed by atoms with Crippen molar-refractivity contribution in [3.05, 3.63) is 95.6 Å². The molecule has 0 saturated heterocycles. The number of hydrogen-bond donors (Lipinski definition) is 3. The van der Waals surface area contributed by atoms with Crippen LogP contribution in [0.5, 0.6) is 5.75 Å². The molecule has 0 aliphatic carbocycles. The van der Waals surface area contributed by atoms with Gasteiger partial charge in [0.25, 0.3) is 11.8 Å². The molecule has 0 saturated carbocycles. The summed E-state index contributed by atoms with van der Waals surface area (Å²) in [6.07, 6.45) is 0. The van der Waals surface area contributed by atoms with Crippen molar-refractivity contribution >= 4 is 34.8 Å². The third-order valence-electron chi connectivity index (χ3n) is 4.94. The second-order valence-corrected chi connectivity index (χ2v) is 8.74. The lowest BCUT2D eigenvalue weighted by Crippen LogP contribution is -2.34. The van der Waals surface area contributed by atoms with E-state index in [1.165, 1.54) is 0 Å². The molecular weight excluding hydrogens is 446 g/mol. The average Bonchev–Trinajstić information content (AvgIpc) is 2.83. The van der Waals surface area contributed by atoms with Gasteiger partial charge in [-0.2, -0.15) is 0 Å². The van der Waals surface area contributed by atoms with Crippen LogP contribution in [0.1, 0.15) is 53.1 Å². The summed E-state index contributed by atoms with van der Waals surface area (Å²) in [6, 6.07) is 23.5. The van der Waals surface area contributed by atoms with E-state index in [0.29, 0.717) is 35.1 Å². The minimum absolute atomic E-state index is 0.133. The van der Waals surface area contributed by atoms with Crippen LogP contribution < -0.4 is 20.7 Å². The first kappa shape index (κ1) is 24.9. The summed E-state index contributed by atoms with van der Waals surface area (Å²) in [7, 11) is 0. The Kier molecular flexibility index (Phi) is 8.76. The third-order valence-corrected chi connectivity index (χ3v) is 5.14. The van der Waals surface area contributed by atoms with Gasteiger partial charge in [0, 0.05) is 16.8 Å². The molecule has 0 spiro atoms. The highest BCUT2D eigenvalue weighted by molar-refractivity contribution is 7.80. The quantitative estimate of drug-likeness (QED) is 0.383. The number of ether oxygens (including phenoxy) is 1. The molecule has 0 aromatic heterocycles. The van der Waals surface area contributed by atoms with Gasteiger partial charge in [0.1, 0.15) is 5.75 Å². The SMILES string of the molecule is CC(C)COc1cccc(C(=O)NC(=S)Nc2cccc(C(=O)NC(C)c3ccccc3)c2)c1. The number of rotatable bonds is 8. The van der Waals surface area contributed by atoms with Crippen LogP contribution in [0.15, 0.2) is 78.9 Å². The third kappa shape index (κ3) is 7.42. The number of nitrogens with one attached hydrogen (secondary N) is 3. The second kappa shape index (κ2) is 12.0. The number of benzene rings is 3. The molecule has 0 radical (unpaired) electrons. The van der Waals surface area contributed by atoms with Crippen LogP contribution in [0.2, 0.25) is 0 Å². The highest BCUT2D eigenvalue weighted by Crippen LogP contribution is 2.16. The van der Waals surface area contributed by atoms with Gasteiger partial charge >= 0.3 is 0 Å². The van der Waals surface area contributed by atoms with E-state index >= 15 is 0 Å². The van der Waals surface area contributed by atoms with E-state index in [1.54, 1.807) is 42.5 Å². The summed E-state index contributed by atoms with van der Waals surface area (Å²) < 4.78 is 5.68. The van der Waals surface area contributed by atoms with Crippen molar-refractivity contribution in [2.45, 2.75) is 26.8 Å². The summed E-state index contributed by atoms with van der Waals surface area (Å²) in [6.45, 7) is 6.62. The van der Waals surface area contributed by atoms with Crippen molar-refractivity contribution in [3.8, 4) is 5.75 Å². The fourth-order valence-electron chi connectivity index (χ4n) is 3.17. The molecule has 0 heterocycles. The first-order chi connectivity index (χ1) is 16.3. The van der Waals surface area contributed by atoms with Crippen molar-refractivity contribution in [2.75, 3.05) is 11.9 Å². The number of carbonyl (C=O) groups is 2. The lowest BCUT2D eigenvalue weighted by Gasteiger charge is -2.15. The Balaban J connectivity index is 1.58. The summed E-state index contributed by atoms with van der Waals surface area (Å²) in [5.41, 5.74) is 2.54. The Morgan fingerprint density at radius 3 is 2.24 bits per heavy atom. The number of thiocarbonyl (C=S) groups is 1. The Morgan fingerprint density at radius 2 is 1.53 bits per heavy atom. The predicted molar refractivity (Wildman–Crippen MR) is 139 cm³/mol. The molecule has 1 atom stereocenters. The van der Waals surface area contributed by atoms with E-state index in [-0.39, 0.29) is 23.0 Å². The summed E-state index contributed by atoms with van der Waals surface area (Å²) >= 11 is 5.30. The minimum atomic E-state index is -0.349. The van der Waals surface area contributed by atoms with Crippen LogP contribution in [-0.4, -0.2) is 23.5 Å². The van der Waals surface area contributed by atoms with E-state index in [4.69, 9.17) is 17.0 Å². The summed E-state index contributed by atoms with van der Waals surface area (Å²) in [4.78, 5) is 25.3. The Hall–Kier alpha value is -3.71. The molecule has 0 aliphatic heterocycles. The van der Waals surface area contributed by atoms with Gasteiger partial charge in [-0.1, -0.05) is 56.3 Å². The van der Waals surface area contributed by atoms with E-state index in [0.717, 1.165) is 5.56 Å². The maximum Gasteiger partial charge on any atom is 0.257 e. The number of anilines is 1. The molecule has 3 aromatic carbocycles. The topological polar surface area (TPSA) is 79.5 Å². The molecule has 7 heteroatoms. The zero-order chi connectivity index (χ0) is 24.5. The van der Waals surface area contributed by atoms with Crippen LogP contribution in [0.3, 0.4) is 0 Å². The Morgan fingerprint density at radius 1 is 0.853 bits per heavy atom. The Bertz CT molecular complexity index is 1150. The van der Waals surface area contributed by atoms with Crippen LogP contribution >= 0.6 is 12.2 Å². The van der Waals surface area contributed by atoms with E-state index in [9.17, 15) is 9.59 Å². The first-order valence-corrected chi connectivity index (χ1v) is 11.5.